The van der Waals surface area contributed by atoms with E-state index in [0.717, 1.165) is 66.4 Å². The highest BCUT2D eigenvalue weighted by molar-refractivity contribution is 5.83. The molecule has 1 aromatic carbocycles. The molecule has 2 heterocycles. The molecule has 144 valence electrons. The molecule has 2 aromatic heterocycles. The Morgan fingerprint density at radius 1 is 1.04 bits per heavy atom. The summed E-state index contributed by atoms with van der Waals surface area (Å²) in [6.07, 6.45) is 4.94. The first-order valence-electron chi connectivity index (χ1n) is 9.91. The minimum absolute atomic E-state index is 0.865. The lowest BCUT2D eigenvalue weighted by molar-refractivity contribution is 0.416. The van der Waals surface area contributed by atoms with Crippen molar-refractivity contribution in [3.05, 3.63) is 41.7 Å². The average Bonchev–Trinajstić information content (AvgIpc) is 3.06. The molecule has 0 aliphatic heterocycles. The van der Waals surface area contributed by atoms with Gasteiger partial charge in [0.05, 0.1) is 12.8 Å². The smallest absolute Gasteiger partial charge is 0.164 e. The third kappa shape index (κ3) is 3.64. The summed E-state index contributed by atoms with van der Waals surface area (Å²) in [6, 6.07) is 8.32. The number of hydrogen-bond donors (Lipinski definition) is 0. The molecule has 0 saturated heterocycles. The Labute approximate surface area is 162 Å². The SMILES string of the molecule is CCCN(CCC)c1c(CC)nc2c(-c3ccc(C)cc3OC)ccnn12. The van der Waals surface area contributed by atoms with Crippen LogP contribution >= 0.6 is 0 Å². The summed E-state index contributed by atoms with van der Waals surface area (Å²) in [6.45, 7) is 10.7. The quantitative estimate of drug-likeness (QED) is 0.568. The standard InChI is InChI=1S/C22H30N4O/c1-6-13-25(14-7-2)22-19(8-3)24-21-18(11-12-23-26(21)22)17-10-9-16(4)15-20(17)27-5/h9-12,15H,6-8,13-14H2,1-5H3. The summed E-state index contributed by atoms with van der Waals surface area (Å²) >= 11 is 0. The molecule has 5 nitrogen and oxygen atoms in total. The van der Waals surface area contributed by atoms with Crippen molar-refractivity contribution >= 4 is 11.5 Å². The van der Waals surface area contributed by atoms with Gasteiger partial charge in [-0.2, -0.15) is 9.61 Å². The number of ether oxygens (including phenoxy) is 1. The highest BCUT2D eigenvalue weighted by atomic mass is 16.5. The summed E-state index contributed by atoms with van der Waals surface area (Å²) in [7, 11) is 1.72. The Bertz CT molecular complexity index is 910. The summed E-state index contributed by atoms with van der Waals surface area (Å²) in [5.41, 5.74) is 5.27. The van der Waals surface area contributed by atoms with Crippen LogP contribution in [0.2, 0.25) is 0 Å². The van der Waals surface area contributed by atoms with Crippen LogP contribution in [-0.4, -0.2) is 34.8 Å². The van der Waals surface area contributed by atoms with Gasteiger partial charge in [-0.3, -0.25) is 0 Å². The lowest BCUT2D eigenvalue weighted by Crippen LogP contribution is -2.27. The van der Waals surface area contributed by atoms with Crippen molar-refractivity contribution in [1.29, 1.82) is 0 Å². The Morgan fingerprint density at radius 3 is 2.41 bits per heavy atom. The number of aryl methyl sites for hydroxylation is 2. The third-order valence-electron chi connectivity index (χ3n) is 4.83. The van der Waals surface area contributed by atoms with Gasteiger partial charge in [0.2, 0.25) is 0 Å². The van der Waals surface area contributed by atoms with Gasteiger partial charge in [0.15, 0.2) is 11.5 Å². The largest absolute Gasteiger partial charge is 0.496 e. The monoisotopic (exact) mass is 366 g/mol. The van der Waals surface area contributed by atoms with E-state index in [4.69, 9.17) is 9.72 Å². The number of imidazole rings is 1. The predicted octanol–water partition coefficient (Wildman–Crippen LogP) is 4.90. The lowest BCUT2D eigenvalue weighted by atomic mass is 10.0. The number of benzene rings is 1. The fourth-order valence-corrected chi connectivity index (χ4v) is 3.63. The number of nitrogens with zero attached hydrogens (tertiary/aromatic N) is 4. The first kappa shape index (κ1) is 19.2. The minimum Gasteiger partial charge on any atom is -0.496 e. The Balaban J connectivity index is 2.24. The topological polar surface area (TPSA) is 42.7 Å². The molecule has 0 amide bonds. The zero-order chi connectivity index (χ0) is 19.4. The van der Waals surface area contributed by atoms with Gasteiger partial charge >= 0.3 is 0 Å². The fourth-order valence-electron chi connectivity index (χ4n) is 3.63. The Kier molecular flexibility index (Phi) is 5.99. The third-order valence-corrected chi connectivity index (χ3v) is 4.83. The van der Waals surface area contributed by atoms with Gasteiger partial charge in [0, 0.05) is 30.4 Å². The van der Waals surface area contributed by atoms with Gasteiger partial charge in [0.25, 0.3) is 0 Å². The lowest BCUT2D eigenvalue weighted by Gasteiger charge is -2.23. The molecule has 3 rings (SSSR count). The van der Waals surface area contributed by atoms with Crippen LogP contribution in [0.15, 0.2) is 30.5 Å². The molecule has 0 N–H and O–H groups in total. The van der Waals surface area contributed by atoms with Crippen LogP contribution in [0.4, 0.5) is 5.82 Å². The van der Waals surface area contributed by atoms with Crippen molar-refractivity contribution in [3.63, 3.8) is 0 Å². The molecule has 27 heavy (non-hydrogen) atoms. The molecule has 0 bridgehead atoms. The van der Waals surface area contributed by atoms with Crippen molar-refractivity contribution in [2.24, 2.45) is 0 Å². The molecular weight excluding hydrogens is 336 g/mol. The van der Waals surface area contributed by atoms with E-state index in [9.17, 15) is 0 Å². The van der Waals surface area contributed by atoms with Crippen LogP contribution in [0.3, 0.4) is 0 Å². The minimum atomic E-state index is 0.865. The summed E-state index contributed by atoms with van der Waals surface area (Å²) in [4.78, 5) is 7.41. The summed E-state index contributed by atoms with van der Waals surface area (Å²) in [5.74, 6) is 1.99. The second-order valence-electron chi connectivity index (χ2n) is 6.91. The molecule has 3 aromatic rings. The molecule has 0 spiro atoms. The maximum Gasteiger partial charge on any atom is 0.164 e. The fraction of sp³-hybridized carbons (Fsp3) is 0.455. The van der Waals surface area contributed by atoms with Gasteiger partial charge in [-0.15, -0.1) is 0 Å². The van der Waals surface area contributed by atoms with Crippen LogP contribution in [0.5, 0.6) is 5.75 Å². The number of hydrogen-bond acceptors (Lipinski definition) is 4. The van der Waals surface area contributed by atoms with E-state index >= 15 is 0 Å². The van der Waals surface area contributed by atoms with Gasteiger partial charge in [0.1, 0.15) is 5.75 Å². The molecule has 0 saturated carbocycles. The first-order chi connectivity index (χ1) is 13.1. The predicted molar refractivity (Wildman–Crippen MR) is 112 cm³/mol. The second-order valence-corrected chi connectivity index (χ2v) is 6.91. The molecular formula is C22H30N4O. The van der Waals surface area contributed by atoms with Gasteiger partial charge in [-0.1, -0.05) is 32.9 Å². The van der Waals surface area contributed by atoms with E-state index in [0.29, 0.717) is 0 Å². The number of aromatic nitrogens is 3. The molecule has 0 atom stereocenters. The van der Waals surface area contributed by atoms with Crippen molar-refractivity contribution in [1.82, 2.24) is 14.6 Å². The van der Waals surface area contributed by atoms with Crippen LogP contribution in [0.1, 0.15) is 44.9 Å². The summed E-state index contributed by atoms with van der Waals surface area (Å²) in [5, 5.41) is 4.67. The highest BCUT2D eigenvalue weighted by Crippen LogP contribution is 2.35. The number of methoxy groups -OCH3 is 1. The van der Waals surface area contributed by atoms with Crippen molar-refractivity contribution in [2.45, 2.75) is 47.0 Å². The molecule has 0 radical (unpaired) electrons. The number of fused-ring (bicyclic) bond motifs is 1. The van der Waals surface area contributed by atoms with Crippen LogP contribution in [0.25, 0.3) is 16.8 Å². The second kappa shape index (κ2) is 8.42. The first-order valence-corrected chi connectivity index (χ1v) is 9.91. The van der Waals surface area contributed by atoms with Crippen molar-refractivity contribution in [2.75, 3.05) is 25.1 Å². The van der Waals surface area contributed by atoms with E-state index in [1.807, 2.05) is 16.8 Å². The van der Waals surface area contributed by atoms with E-state index in [2.05, 4.69) is 55.9 Å². The zero-order valence-electron chi connectivity index (χ0n) is 17.1. The zero-order valence-corrected chi connectivity index (χ0v) is 17.1. The molecule has 0 fully saturated rings. The van der Waals surface area contributed by atoms with Gasteiger partial charge in [-0.25, -0.2) is 4.98 Å². The van der Waals surface area contributed by atoms with Crippen molar-refractivity contribution in [3.8, 4) is 16.9 Å². The van der Waals surface area contributed by atoms with E-state index < -0.39 is 0 Å². The van der Waals surface area contributed by atoms with E-state index in [1.54, 1.807) is 7.11 Å². The van der Waals surface area contributed by atoms with Crippen LogP contribution < -0.4 is 9.64 Å². The van der Waals surface area contributed by atoms with Gasteiger partial charge < -0.3 is 9.64 Å². The number of anilines is 1. The maximum atomic E-state index is 5.65. The van der Waals surface area contributed by atoms with Crippen molar-refractivity contribution < 1.29 is 4.74 Å². The Morgan fingerprint density at radius 2 is 1.78 bits per heavy atom. The molecule has 0 aliphatic carbocycles. The maximum absolute atomic E-state index is 5.65. The highest BCUT2D eigenvalue weighted by Gasteiger charge is 2.21. The Hall–Kier alpha value is -2.56. The normalized spacial score (nSPS) is 11.1. The van der Waals surface area contributed by atoms with E-state index in [1.165, 1.54) is 5.56 Å². The average molecular weight is 367 g/mol. The molecule has 0 aliphatic rings. The molecule has 0 unspecified atom stereocenters. The number of rotatable bonds is 8. The van der Waals surface area contributed by atoms with Crippen LogP contribution in [0, 0.1) is 6.92 Å². The summed E-state index contributed by atoms with van der Waals surface area (Å²) < 4.78 is 7.66. The van der Waals surface area contributed by atoms with E-state index in [-0.39, 0.29) is 0 Å². The molecule has 5 heteroatoms. The van der Waals surface area contributed by atoms with Crippen LogP contribution in [-0.2, 0) is 6.42 Å². The van der Waals surface area contributed by atoms with Gasteiger partial charge in [-0.05, 0) is 43.9 Å².